The number of rotatable bonds is 2. The Bertz CT molecular complexity index is 514. The van der Waals surface area contributed by atoms with Crippen molar-refractivity contribution in [2.75, 3.05) is 5.73 Å². The summed E-state index contributed by atoms with van der Waals surface area (Å²) in [6.45, 7) is 0. The van der Waals surface area contributed by atoms with E-state index >= 15 is 0 Å². The first-order chi connectivity index (χ1) is 8.06. The van der Waals surface area contributed by atoms with Crippen molar-refractivity contribution < 1.29 is 4.74 Å². The third kappa shape index (κ3) is 3.12. The Morgan fingerprint density at radius 3 is 2.59 bits per heavy atom. The highest BCUT2D eigenvalue weighted by atomic mass is 79.9. The molecule has 0 saturated heterocycles. The number of aromatic nitrogens is 1. The molecule has 0 saturated carbocycles. The lowest BCUT2D eigenvalue weighted by atomic mass is 10.3. The summed E-state index contributed by atoms with van der Waals surface area (Å²) < 4.78 is 7.22. The molecule has 0 radical (unpaired) electrons. The minimum Gasteiger partial charge on any atom is -0.435 e. The molecular weight excluding hydrogens is 371 g/mol. The maximum absolute atomic E-state index is 6.00. The van der Waals surface area contributed by atoms with Crippen molar-refractivity contribution in [3.63, 3.8) is 0 Å². The first-order valence-electron chi connectivity index (χ1n) is 4.60. The van der Waals surface area contributed by atoms with Gasteiger partial charge in [-0.2, -0.15) is 0 Å². The van der Waals surface area contributed by atoms with E-state index in [4.69, 9.17) is 22.1 Å². The van der Waals surface area contributed by atoms with E-state index in [-0.39, 0.29) is 0 Å². The van der Waals surface area contributed by atoms with Gasteiger partial charge in [-0.25, -0.2) is 4.98 Å². The summed E-state index contributed by atoms with van der Waals surface area (Å²) in [5.74, 6) is 0.841. The van der Waals surface area contributed by atoms with Crippen LogP contribution in [0.4, 0.5) is 5.69 Å². The third-order valence-corrected chi connectivity index (χ3v) is 3.15. The molecule has 0 atom stereocenters. The maximum Gasteiger partial charge on any atom is 0.238 e. The Morgan fingerprint density at radius 2 is 1.94 bits per heavy atom. The number of pyridine rings is 1. The fourth-order valence-electron chi connectivity index (χ4n) is 1.19. The average Bonchev–Trinajstić information content (AvgIpc) is 2.25. The lowest BCUT2D eigenvalue weighted by molar-refractivity contribution is 0.465. The molecule has 0 fully saturated rings. The van der Waals surface area contributed by atoms with Gasteiger partial charge in [-0.05, 0) is 40.2 Å². The van der Waals surface area contributed by atoms with Gasteiger partial charge in [0.05, 0.1) is 5.69 Å². The van der Waals surface area contributed by atoms with E-state index in [9.17, 15) is 0 Å². The zero-order chi connectivity index (χ0) is 12.4. The van der Waals surface area contributed by atoms with Crippen LogP contribution in [0, 0.1) is 0 Å². The van der Waals surface area contributed by atoms with Crippen LogP contribution in [0.5, 0.6) is 11.6 Å². The molecule has 1 aromatic heterocycles. The van der Waals surface area contributed by atoms with Gasteiger partial charge in [-0.1, -0.05) is 27.5 Å². The average molecular weight is 378 g/mol. The van der Waals surface area contributed by atoms with E-state index in [1.807, 2.05) is 6.07 Å². The number of halogens is 3. The smallest absolute Gasteiger partial charge is 0.238 e. The second-order valence-electron chi connectivity index (χ2n) is 3.22. The lowest BCUT2D eigenvalue weighted by Crippen LogP contribution is -1.94. The number of hydrogen-bond donors (Lipinski definition) is 1. The highest BCUT2D eigenvalue weighted by Gasteiger charge is 2.08. The summed E-state index contributed by atoms with van der Waals surface area (Å²) in [7, 11) is 0. The van der Waals surface area contributed by atoms with Crippen LogP contribution in [0.3, 0.4) is 0 Å². The van der Waals surface area contributed by atoms with E-state index in [0.29, 0.717) is 22.3 Å². The minimum absolute atomic E-state index is 0.323. The fourth-order valence-corrected chi connectivity index (χ4v) is 2.24. The van der Waals surface area contributed by atoms with E-state index < -0.39 is 0 Å². The van der Waals surface area contributed by atoms with Gasteiger partial charge in [-0.15, -0.1) is 0 Å². The standard InChI is InChI=1S/C11H7Br2ClN2O/c12-6-1-2-10(9(15)4-6)17-11-8(14)3-7(13)5-16-11/h1-5H,15H2. The van der Waals surface area contributed by atoms with Crippen LogP contribution in [0.15, 0.2) is 39.4 Å². The topological polar surface area (TPSA) is 48.1 Å². The van der Waals surface area contributed by atoms with Gasteiger partial charge in [-0.3, -0.25) is 0 Å². The monoisotopic (exact) mass is 376 g/mol. The van der Waals surface area contributed by atoms with Gasteiger partial charge in [0.2, 0.25) is 5.88 Å². The van der Waals surface area contributed by atoms with E-state index in [1.165, 1.54) is 0 Å². The number of benzene rings is 1. The van der Waals surface area contributed by atoms with Crippen molar-refractivity contribution in [2.45, 2.75) is 0 Å². The molecular formula is C11H7Br2ClN2O. The zero-order valence-corrected chi connectivity index (χ0v) is 12.4. The molecule has 0 aliphatic rings. The van der Waals surface area contributed by atoms with Crippen molar-refractivity contribution in [1.82, 2.24) is 4.98 Å². The van der Waals surface area contributed by atoms with Gasteiger partial charge in [0.25, 0.3) is 0 Å². The van der Waals surface area contributed by atoms with Gasteiger partial charge in [0.1, 0.15) is 5.02 Å². The van der Waals surface area contributed by atoms with Crippen LogP contribution >= 0.6 is 43.5 Å². The van der Waals surface area contributed by atoms with Gasteiger partial charge in [0.15, 0.2) is 5.75 Å². The molecule has 2 N–H and O–H groups in total. The third-order valence-electron chi connectivity index (χ3n) is 1.95. The van der Waals surface area contributed by atoms with Crippen LogP contribution in [-0.4, -0.2) is 4.98 Å². The summed E-state index contributed by atoms with van der Waals surface area (Å²) >= 11 is 12.6. The van der Waals surface area contributed by atoms with E-state index in [0.717, 1.165) is 8.95 Å². The van der Waals surface area contributed by atoms with Gasteiger partial charge >= 0.3 is 0 Å². The SMILES string of the molecule is Nc1cc(Br)ccc1Oc1ncc(Br)cc1Cl. The predicted octanol–water partition coefficient (Wildman–Crippen LogP) is 4.63. The first kappa shape index (κ1) is 12.7. The molecule has 1 heterocycles. The summed E-state index contributed by atoms with van der Waals surface area (Å²) in [6, 6.07) is 7.04. The number of anilines is 1. The van der Waals surface area contributed by atoms with Crippen LogP contribution in [0.1, 0.15) is 0 Å². The Hall–Kier alpha value is -0.780. The molecule has 2 aromatic rings. The predicted molar refractivity (Wildman–Crippen MR) is 75.6 cm³/mol. The molecule has 3 nitrogen and oxygen atoms in total. The molecule has 0 unspecified atom stereocenters. The number of ether oxygens (including phenoxy) is 1. The highest BCUT2D eigenvalue weighted by Crippen LogP contribution is 2.33. The molecule has 0 aliphatic heterocycles. The quantitative estimate of drug-likeness (QED) is 0.775. The molecule has 17 heavy (non-hydrogen) atoms. The molecule has 1 aromatic carbocycles. The van der Waals surface area contributed by atoms with Crippen molar-refractivity contribution in [2.24, 2.45) is 0 Å². The fraction of sp³-hybridized carbons (Fsp3) is 0. The number of nitrogens with zero attached hydrogens (tertiary/aromatic N) is 1. The molecule has 88 valence electrons. The zero-order valence-electron chi connectivity index (χ0n) is 8.45. The molecule has 0 spiro atoms. The van der Waals surface area contributed by atoms with Crippen LogP contribution in [-0.2, 0) is 0 Å². The second-order valence-corrected chi connectivity index (χ2v) is 5.46. The van der Waals surface area contributed by atoms with Crippen LogP contribution in [0.2, 0.25) is 5.02 Å². The van der Waals surface area contributed by atoms with Crippen LogP contribution in [0.25, 0.3) is 0 Å². The summed E-state index contributed by atoms with van der Waals surface area (Å²) in [5.41, 5.74) is 6.33. The van der Waals surface area contributed by atoms with E-state index in [2.05, 4.69) is 36.8 Å². The second kappa shape index (κ2) is 5.25. The Labute approximate surface area is 120 Å². The first-order valence-corrected chi connectivity index (χ1v) is 6.56. The van der Waals surface area contributed by atoms with Gasteiger partial charge < -0.3 is 10.5 Å². The van der Waals surface area contributed by atoms with Crippen molar-refractivity contribution in [3.05, 3.63) is 44.4 Å². The maximum atomic E-state index is 6.00. The summed E-state index contributed by atoms with van der Waals surface area (Å²) in [5, 5.41) is 0.418. The molecule has 2 rings (SSSR count). The highest BCUT2D eigenvalue weighted by molar-refractivity contribution is 9.10. The number of hydrogen-bond acceptors (Lipinski definition) is 3. The number of nitrogens with two attached hydrogens (primary N) is 1. The van der Waals surface area contributed by atoms with Crippen molar-refractivity contribution in [1.29, 1.82) is 0 Å². The van der Waals surface area contributed by atoms with Crippen molar-refractivity contribution >= 4 is 49.1 Å². The lowest BCUT2D eigenvalue weighted by Gasteiger charge is -2.09. The summed E-state index contributed by atoms with van der Waals surface area (Å²) in [4.78, 5) is 4.07. The van der Waals surface area contributed by atoms with E-state index in [1.54, 1.807) is 24.4 Å². The Kier molecular flexibility index (Phi) is 3.91. The van der Waals surface area contributed by atoms with Crippen molar-refractivity contribution in [3.8, 4) is 11.6 Å². The molecule has 0 aliphatic carbocycles. The Balaban J connectivity index is 2.31. The van der Waals surface area contributed by atoms with Gasteiger partial charge in [0, 0.05) is 15.1 Å². The summed E-state index contributed by atoms with van der Waals surface area (Å²) in [6.07, 6.45) is 1.61. The van der Waals surface area contributed by atoms with Crippen LogP contribution < -0.4 is 10.5 Å². The normalized spacial score (nSPS) is 10.3. The minimum atomic E-state index is 0.323. The molecule has 6 heteroatoms. The number of nitrogen functional groups attached to an aromatic ring is 1. The molecule has 0 bridgehead atoms. The molecule has 0 amide bonds. The largest absolute Gasteiger partial charge is 0.435 e. The Morgan fingerprint density at radius 1 is 1.18 bits per heavy atom.